The van der Waals surface area contributed by atoms with E-state index in [4.69, 9.17) is 16.6 Å². The van der Waals surface area contributed by atoms with Crippen LogP contribution in [0.2, 0.25) is 5.02 Å². The second-order valence-corrected chi connectivity index (χ2v) is 8.99. The lowest BCUT2D eigenvalue weighted by Crippen LogP contribution is -2.49. The molecule has 2 heterocycles. The molecule has 3 aromatic rings. The number of anilines is 1. The molecule has 0 aliphatic carbocycles. The number of benzene rings is 2. The molecule has 1 aliphatic rings. The van der Waals surface area contributed by atoms with Gasteiger partial charge in [0.1, 0.15) is 0 Å². The Morgan fingerprint density at radius 1 is 1.11 bits per heavy atom. The molecule has 0 spiro atoms. The minimum absolute atomic E-state index is 0.202. The minimum atomic E-state index is 0.202. The Bertz CT molecular complexity index is 975. The zero-order valence-corrected chi connectivity index (χ0v) is 17.8. The van der Waals surface area contributed by atoms with Crippen molar-refractivity contribution >= 4 is 44.2 Å². The van der Waals surface area contributed by atoms with Crippen LogP contribution in [0.3, 0.4) is 0 Å². The molecule has 0 unspecified atom stereocenters. The van der Waals surface area contributed by atoms with E-state index in [0.29, 0.717) is 12.3 Å². The van der Waals surface area contributed by atoms with E-state index < -0.39 is 0 Å². The van der Waals surface area contributed by atoms with Crippen LogP contribution in [-0.4, -0.2) is 42.0 Å². The highest BCUT2D eigenvalue weighted by Gasteiger charge is 2.23. The lowest BCUT2D eigenvalue weighted by molar-refractivity contribution is -0.130. The molecule has 4 nitrogen and oxygen atoms in total. The van der Waals surface area contributed by atoms with E-state index in [1.807, 2.05) is 23.1 Å². The highest BCUT2D eigenvalue weighted by Crippen LogP contribution is 2.31. The number of piperazine rings is 1. The summed E-state index contributed by atoms with van der Waals surface area (Å²) in [6.07, 6.45) is 0.470. The number of amides is 1. The average Bonchev–Trinajstić information content (AvgIpc) is 3.11. The zero-order valence-electron chi connectivity index (χ0n) is 16.2. The maximum absolute atomic E-state index is 12.7. The molecule has 6 heteroatoms. The molecule has 146 valence electrons. The van der Waals surface area contributed by atoms with Gasteiger partial charge in [0.15, 0.2) is 5.13 Å². The third kappa shape index (κ3) is 4.15. The van der Waals surface area contributed by atoms with Gasteiger partial charge in [-0.25, -0.2) is 4.98 Å². The molecule has 2 aromatic carbocycles. The number of carbonyl (C=O) groups excluding carboxylic acids is 1. The molecule has 1 aromatic heterocycles. The van der Waals surface area contributed by atoms with Crippen LogP contribution in [0.4, 0.5) is 5.13 Å². The molecular formula is C22H24ClN3OS. The van der Waals surface area contributed by atoms with Crippen molar-refractivity contribution in [2.24, 2.45) is 0 Å². The number of carbonyl (C=O) groups is 1. The third-order valence-corrected chi connectivity index (χ3v) is 6.56. The molecular weight excluding hydrogens is 390 g/mol. The number of hydrogen-bond donors (Lipinski definition) is 0. The summed E-state index contributed by atoms with van der Waals surface area (Å²) in [4.78, 5) is 21.6. The topological polar surface area (TPSA) is 36.4 Å². The second kappa shape index (κ2) is 8.10. The minimum Gasteiger partial charge on any atom is -0.345 e. The number of rotatable bonds is 4. The Labute approximate surface area is 174 Å². The molecule has 28 heavy (non-hydrogen) atoms. The predicted molar refractivity (Wildman–Crippen MR) is 118 cm³/mol. The smallest absolute Gasteiger partial charge is 0.227 e. The van der Waals surface area contributed by atoms with Crippen LogP contribution in [0.1, 0.15) is 30.9 Å². The summed E-state index contributed by atoms with van der Waals surface area (Å²) >= 11 is 7.74. The van der Waals surface area contributed by atoms with Crippen LogP contribution in [0.15, 0.2) is 42.5 Å². The number of fused-ring (bicyclic) bond motifs is 1. The summed E-state index contributed by atoms with van der Waals surface area (Å²) in [5.74, 6) is 0.712. The number of thiazole rings is 1. The average molecular weight is 414 g/mol. The van der Waals surface area contributed by atoms with Gasteiger partial charge < -0.3 is 9.80 Å². The SMILES string of the molecule is CC(C)c1ccc(CC(=O)N2CCN(c3nc4ccc(Cl)cc4s3)CC2)cc1. The normalized spacial score (nSPS) is 14.9. The van der Waals surface area contributed by atoms with Gasteiger partial charge in [0.05, 0.1) is 16.6 Å². The van der Waals surface area contributed by atoms with Crippen LogP contribution in [0.25, 0.3) is 10.2 Å². The number of aromatic nitrogens is 1. The monoisotopic (exact) mass is 413 g/mol. The molecule has 0 bridgehead atoms. The van der Waals surface area contributed by atoms with Gasteiger partial charge >= 0.3 is 0 Å². The van der Waals surface area contributed by atoms with Crippen LogP contribution < -0.4 is 4.90 Å². The van der Waals surface area contributed by atoms with E-state index >= 15 is 0 Å². The van der Waals surface area contributed by atoms with Gasteiger partial charge in [-0.2, -0.15) is 0 Å². The van der Waals surface area contributed by atoms with Gasteiger partial charge in [-0.15, -0.1) is 0 Å². The fourth-order valence-corrected chi connectivity index (χ4v) is 4.77. The number of hydrogen-bond acceptors (Lipinski definition) is 4. The summed E-state index contributed by atoms with van der Waals surface area (Å²) < 4.78 is 1.10. The predicted octanol–water partition coefficient (Wildman–Crippen LogP) is 4.96. The van der Waals surface area contributed by atoms with E-state index in [1.54, 1.807) is 11.3 Å². The van der Waals surface area contributed by atoms with E-state index in [0.717, 1.165) is 52.1 Å². The van der Waals surface area contributed by atoms with Crippen molar-refractivity contribution in [2.45, 2.75) is 26.2 Å². The van der Waals surface area contributed by atoms with E-state index in [-0.39, 0.29) is 5.91 Å². The van der Waals surface area contributed by atoms with Crippen LogP contribution in [0.5, 0.6) is 0 Å². The van der Waals surface area contributed by atoms with Gasteiger partial charge in [-0.3, -0.25) is 4.79 Å². The molecule has 1 aliphatic heterocycles. The Morgan fingerprint density at radius 2 is 1.82 bits per heavy atom. The molecule has 1 fully saturated rings. The van der Waals surface area contributed by atoms with Gasteiger partial charge in [-0.05, 0) is 35.2 Å². The maximum atomic E-state index is 12.7. The Kier molecular flexibility index (Phi) is 5.56. The number of halogens is 1. The zero-order chi connectivity index (χ0) is 19.7. The third-order valence-electron chi connectivity index (χ3n) is 5.24. The fourth-order valence-electron chi connectivity index (χ4n) is 3.48. The van der Waals surface area contributed by atoms with Crippen molar-refractivity contribution in [3.8, 4) is 0 Å². The highest BCUT2D eigenvalue weighted by molar-refractivity contribution is 7.22. The molecule has 4 rings (SSSR count). The number of nitrogens with zero attached hydrogens (tertiary/aromatic N) is 3. The van der Waals surface area contributed by atoms with Crippen LogP contribution in [0, 0.1) is 0 Å². The van der Waals surface area contributed by atoms with Crippen molar-refractivity contribution in [2.75, 3.05) is 31.1 Å². The van der Waals surface area contributed by atoms with Crippen molar-refractivity contribution in [3.63, 3.8) is 0 Å². The lowest BCUT2D eigenvalue weighted by Gasteiger charge is -2.34. The van der Waals surface area contributed by atoms with Crippen molar-refractivity contribution in [1.29, 1.82) is 0 Å². The second-order valence-electron chi connectivity index (χ2n) is 7.55. The standard InChI is InChI=1S/C22H24ClN3OS/c1-15(2)17-5-3-16(4-6-17)13-21(27)25-9-11-26(12-10-25)22-24-19-8-7-18(23)14-20(19)28-22/h3-8,14-15H,9-13H2,1-2H3. The fraction of sp³-hybridized carbons (Fsp3) is 0.364. The first kappa shape index (κ1) is 19.2. The van der Waals surface area contributed by atoms with Crippen molar-refractivity contribution in [3.05, 3.63) is 58.6 Å². The summed E-state index contributed by atoms with van der Waals surface area (Å²) in [7, 11) is 0. The van der Waals surface area contributed by atoms with Gasteiger partial charge in [0, 0.05) is 31.2 Å². The molecule has 0 N–H and O–H groups in total. The first-order valence-electron chi connectivity index (χ1n) is 9.67. The Hall–Kier alpha value is -2.11. The quantitative estimate of drug-likeness (QED) is 0.606. The summed E-state index contributed by atoms with van der Waals surface area (Å²) in [6, 6.07) is 14.2. The largest absolute Gasteiger partial charge is 0.345 e. The summed E-state index contributed by atoms with van der Waals surface area (Å²) in [6.45, 7) is 7.45. The van der Waals surface area contributed by atoms with E-state index in [2.05, 4.69) is 43.0 Å². The molecule has 0 radical (unpaired) electrons. The van der Waals surface area contributed by atoms with Crippen LogP contribution >= 0.6 is 22.9 Å². The summed E-state index contributed by atoms with van der Waals surface area (Å²) in [5, 5.41) is 1.74. The van der Waals surface area contributed by atoms with Gasteiger partial charge in [-0.1, -0.05) is 61.1 Å². The maximum Gasteiger partial charge on any atom is 0.227 e. The lowest BCUT2D eigenvalue weighted by atomic mass is 10.0. The Morgan fingerprint density at radius 3 is 2.50 bits per heavy atom. The first-order chi connectivity index (χ1) is 13.5. The van der Waals surface area contributed by atoms with Crippen molar-refractivity contribution < 1.29 is 4.79 Å². The molecule has 1 amide bonds. The van der Waals surface area contributed by atoms with Crippen molar-refractivity contribution in [1.82, 2.24) is 9.88 Å². The van der Waals surface area contributed by atoms with Gasteiger partial charge in [0.25, 0.3) is 0 Å². The highest BCUT2D eigenvalue weighted by atomic mass is 35.5. The molecule has 0 atom stereocenters. The van der Waals surface area contributed by atoms with E-state index in [9.17, 15) is 4.79 Å². The first-order valence-corrected chi connectivity index (χ1v) is 10.9. The van der Waals surface area contributed by atoms with Crippen LogP contribution in [-0.2, 0) is 11.2 Å². The molecule has 0 saturated carbocycles. The van der Waals surface area contributed by atoms with E-state index in [1.165, 1.54) is 5.56 Å². The molecule has 1 saturated heterocycles. The van der Waals surface area contributed by atoms with Gasteiger partial charge in [0.2, 0.25) is 5.91 Å². The summed E-state index contributed by atoms with van der Waals surface area (Å²) in [5.41, 5.74) is 3.37. The Balaban J connectivity index is 1.35.